The number of nitrogens with zero attached hydrogens (tertiary/aromatic N) is 3. The van der Waals surface area contributed by atoms with Crippen LogP contribution in [-0.2, 0) is 0 Å². The first-order valence-corrected chi connectivity index (χ1v) is 15.9. The molecular weight excluding hydrogens is 557 g/mol. The van der Waals surface area contributed by atoms with Crippen molar-refractivity contribution in [2.75, 3.05) is 0 Å². The molecule has 4 nitrogen and oxygen atoms in total. The summed E-state index contributed by atoms with van der Waals surface area (Å²) in [6, 6.07) is 45.0. The number of allylic oxidation sites excluding steroid dienone is 1. The van der Waals surface area contributed by atoms with Crippen molar-refractivity contribution in [3.8, 4) is 5.69 Å². The Bertz CT molecular complexity index is 2280. The van der Waals surface area contributed by atoms with Gasteiger partial charge in [-0.2, -0.15) is 0 Å². The predicted molar refractivity (Wildman–Crippen MR) is 185 cm³/mol. The van der Waals surface area contributed by atoms with Crippen LogP contribution >= 0.6 is 11.3 Å². The van der Waals surface area contributed by atoms with Crippen LogP contribution < -0.4 is 5.32 Å². The van der Waals surface area contributed by atoms with E-state index in [9.17, 15) is 0 Å². The first-order chi connectivity index (χ1) is 21.8. The molecule has 1 aliphatic carbocycles. The molecule has 2 aliphatic rings. The molecule has 7 aromatic rings. The standard InChI is InChI=1S/C39H28N4S/c1-4-13-25(14-5-1)37-40-38(26-15-6-2-7-16-26)42-39(41-37)30-21-12-20-29-32-23-31-28-19-10-11-22-33(28)43(27-17-8-3-9-18-27)34(31)24-35(32)44-36(29)30/h1-20,22-24,30,37H,21H2,(H,40,41,42). The van der Waals surface area contributed by atoms with Gasteiger partial charge in [-0.3, -0.25) is 0 Å². The second-order valence-corrected chi connectivity index (χ2v) is 12.5. The molecule has 5 heteroatoms. The number of aliphatic imine (C=N–C) groups is 2. The van der Waals surface area contributed by atoms with Crippen LogP contribution in [0.1, 0.15) is 40.1 Å². The van der Waals surface area contributed by atoms with Gasteiger partial charge in [0.2, 0.25) is 0 Å². The number of thiophene rings is 1. The first-order valence-electron chi connectivity index (χ1n) is 15.1. The molecule has 2 unspecified atom stereocenters. The topological polar surface area (TPSA) is 41.7 Å². The van der Waals surface area contributed by atoms with Gasteiger partial charge in [0.05, 0.1) is 17.0 Å². The Hall–Kier alpha value is -5.26. The van der Waals surface area contributed by atoms with Crippen molar-refractivity contribution in [1.29, 1.82) is 0 Å². The highest BCUT2D eigenvalue weighted by Gasteiger charge is 2.31. The molecule has 0 fully saturated rings. The summed E-state index contributed by atoms with van der Waals surface area (Å²) in [7, 11) is 0. The summed E-state index contributed by atoms with van der Waals surface area (Å²) in [4.78, 5) is 11.6. The van der Waals surface area contributed by atoms with Crippen molar-refractivity contribution in [2.45, 2.75) is 18.5 Å². The van der Waals surface area contributed by atoms with Gasteiger partial charge in [0.25, 0.3) is 0 Å². The normalized spacial score (nSPS) is 17.8. The fraction of sp³-hybridized carbons (Fsp3) is 0.0769. The lowest BCUT2D eigenvalue weighted by molar-refractivity contribution is 0.650. The van der Waals surface area contributed by atoms with Gasteiger partial charge in [0.15, 0.2) is 5.84 Å². The molecule has 0 spiro atoms. The smallest absolute Gasteiger partial charge is 0.159 e. The quantitative estimate of drug-likeness (QED) is 0.220. The van der Waals surface area contributed by atoms with E-state index in [0.717, 1.165) is 29.2 Å². The number of para-hydroxylation sites is 2. The lowest BCUT2D eigenvalue weighted by atomic mass is 9.91. The van der Waals surface area contributed by atoms with Gasteiger partial charge in [-0.25, -0.2) is 9.98 Å². The molecule has 1 N–H and O–H groups in total. The average molecular weight is 585 g/mol. The molecule has 0 radical (unpaired) electrons. The zero-order valence-corrected chi connectivity index (χ0v) is 24.7. The van der Waals surface area contributed by atoms with E-state index in [-0.39, 0.29) is 12.1 Å². The number of hydrogen-bond acceptors (Lipinski definition) is 4. The molecule has 9 rings (SSSR count). The fourth-order valence-corrected chi connectivity index (χ4v) is 8.04. The van der Waals surface area contributed by atoms with Gasteiger partial charge in [-0.1, -0.05) is 109 Å². The number of nitrogens with one attached hydrogen (secondary N) is 1. The number of amidine groups is 2. The Labute approximate surface area is 259 Å². The van der Waals surface area contributed by atoms with Crippen LogP contribution in [0.2, 0.25) is 0 Å². The van der Waals surface area contributed by atoms with Crippen LogP contribution in [0.3, 0.4) is 0 Å². The SMILES string of the molecule is C1=Cc2c(sc3cc4c(cc23)c2ccccc2n4-c2ccccc2)C(C2=NC(c3ccccc3)=NC(c3ccccc3)N2)C1. The van der Waals surface area contributed by atoms with E-state index in [4.69, 9.17) is 9.98 Å². The number of hydrogen-bond donors (Lipinski definition) is 1. The molecule has 2 atom stereocenters. The van der Waals surface area contributed by atoms with Crippen molar-refractivity contribution in [3.63, 3.8) is 0 Å². The van der Waals surface area contributed by atoms with Crippen LogP contribution in [0.15, 0.2) is 143 Å². The summed E-state index contributed by atoms with van der Waals surface area (Å²) in [5, 5.41) is 7.60. The Morgan fingerprint density at radius 3 is 2.25 bits per heavy atom. The van der Waals surface area contributed by atoms with Crippen LogP contribution in [0.25, 0.3) is 43.7 Å². The predicted octanol–water partition coefficient (Wildman–Crippen LogP) is 9.65. The highest BCUT2D eigenvalue weighted by Crippen LogP contribution is 2.45. The molecule has 210 valence electrons. The second kappa shape index (κ2) is 10.2. The lowest BCUT2D eigenvalue weighted by Gasteiger charge is -2.28. The van der Waals surface area contributed by atoms with Gasteiger partial charge < -0.3 is 9.88 Å². The van der Waals surface area contributed by atoms with Gasteiger partial charge in [0.1, 0.15) is 12.0 Å². The van der Waals surface area contributed by atoms with E-state index >= 15 is 0 Å². The molecule has 1 aliphatic heterocycles. The fourth-order valence-electron chi connectivity index (χ4n) is 6.72. The highest BCUT2D eigenvalue weighted by atomic mass is 32.1. The summed E-state index contributed by atoms with van der Waals surface area (Å²) in [6.45, 7) is 0. The number of aromatic nitrogens is 1. The summed E-state index contributed by atoms with van der Waals surface area (Å²) >= 11 is 1.90. The lowest BCUT2D eigenvalue weighted by Crippen LogP contribution is -2.37. The molecule has 0 saturated carbocycles. The van der Waals surface area contributed by atoms with Crippen LogP contribution in [0, 0.1) is 0 Å². The van der Waals surface area contributed by atoms with Gasteiger partial charge in [-0.15, -0.1) is 11.3 Å². The molecule has 0 bridgehead atoms. The number of fused-ring (bicyclic) bond motifs is 6. The summed E-state index contributed by atoms with van der Waals surface area (Å²) in [6.07, 6.45) is 5.33. The molecular formula is C39H28N4S. The zero-order chi connectivity index (χ0) is 29.0. The Morgan fingerprint density at radius 1 is 0.705 bits per heavy atom. The summed E-state index contributed by atoms with van der Waals surface area (Å²) < 4.78 is 3.70. The maximum Gasteiger partial charge on any atom is 0.159 e. The highest BCUT2D eigenvalue weighted by molar-refractivity contribution is 7.19. The van der Waals surface area contributed by atoms with E-state index < -0.39 is 0 Å². The summed E-state index contributed by atoms with van der Waals surface area (Å²) in [5.74, 6) is 1.88. The molecule has 5 aromatic carbocycles. The minimum atomic E-state index is -0.192. The monoisotopic (exact) mass is 584 g/mol. The number of benzene rings is 5. The van der Waals surface area contributed by atoms with Crippen molar-refractivity contribution in [1.82, 2.24) is 9.88 Å². The average Bonchev–Trinajstić information content (AvgIpc) is 3.63. The maximum absolute atomic E-state index is 5.18. The minimum absolute atomic E-state index is 0.125. The first kappa shape index (κ1) is 25.3. The van der Waals surface area contributed by atoms with Crippen LogP contribution in [0.4, 0.5) is 0 Å². The molecule has 2 aromatic heterocycles. The van der Waals surface area contributed by atoms with Crippen molar-refractivity contribution in [3.05, 3.63) is 155 Å². The van der Waals surface area contributed by atoms with Crippen molar-refractivity contribution < 1.29 is 0 Å². The largest absolute Gasteiger partial charge is 0.348 e. The molecule has 0 amide bonds. The third kappa shape index (κ3) is 4.04. The third-order valence-electron chi connectivity index (χ3n) is 8.78. The van der Waals surface area contributed by atoms with Gasteiger partial charge in [0, 0.05) is 37.0 Å². The van der Waals surface area contributed by atoms with E-state index in [1.54, 1.807) is 0 Å². The van der Waals surface area contributed by atoms with Crippen LogP contribution in [-0.4, -0.2) is 16.2 Å². The van der Waals surface area contributed by atoms with Crippen molar-refractivity contribution in [2.24, 2.45) is 9.98 Å². The number of rotatable bonds is 4. The van der Waals surface area contributed by atoms with E-state index in [2.05, 4.69) is 137 Å². The van der Waals surface area contributed by atoms with E-state index in [1.807, 2.05) is 23.5 Å². The second-order valence-electron chi connectivity index (χ2n) is 11.4. The Balaban J connectivity index is 1.21. The van der Waals surface area contributed by atoms with E-state index in [1.165, 1.54) is 48.0 Å². The zero-order valence-electron chi connectivity index (χ0n) is 23.9. The Kier molecular flexibility index (Phi) is 5.84. The van der Waals surface area contributed by atoms with Crippen molar-refractivity contribution >= 4 is 61.0 Å². The molecule has 44 heavy (non-hydrogen) atoms. The Morgan fingerprint density at radius 2 is 1.43 bits per heavy atom. The summed E-state index contributed by atoms with van der Waals surface area (Å²) in [5.41, 5.74) is 7.12. The maximum atomic E-state index is 5.18. The molecule has 0 saturated heterocycles. The third-order valence-corrected chi connectivity index (χ3v) is 10.1. The molecule has 3 heterocycles. The van der Waals surface area contributed by atoms with E-state index in [0.29, 0.717) is 0 Å². The van der Waals surface area contributed by atoms with Crippen LogP contribution in [0.5, 0.6) is 0 Å². The minimum Gasteiger partial charge on any atom is -0.348 e. The van der Waals surface area contributed by atoms with Gasteiger partial charge in [-0.05, 0) is 47.9 Å². The van der Waals surface area contributed by atoms with Gasteiger partial charge >= 0.3 is 0 Å².